The van der Waals surface area contributed by atoms with Crippen LogP contribution in [0.1, 0.15) is 34.8 Å². The molecule has 5 nitrogen and oxygen atoms in total. The lowest BCUT2D eigenvalue weighted by Crippen LogP contribution is -2.26. The normalized spacial score (nSPS) is 19.5. The molecule has 1 aromatic heterocycles. The number of nitrogens with one attached hydrogen (secondary N) is 4. The van der Waals surface area contributed by atoms with Gasteiger partial charge in [0.1, 0.15) is 0 Å². The summed E-state index contributed by atoms with van der Waals surface area (Å²) >= 11 is 0. The van der Waals surface area contributed by atoms with Crippen LogP contribution in [0.2, 0.25) is 0 Å². The first-order chi connectivity index (χ1) is 12.3. The highest BCUT2D eigenvalue weighted by molar-refractivity contribution is 6.15. The quantitative estimate of drug-likeness (QED) is 0.581. The largest absolute Gasteiger partial charge is 0.366 e. The highest BCUT2D eigenvalue weighted by Gasteiger charge is 2.22. The Kier molecular flexibility index (Phi) is 3.28. The summed E-state index contributed by atoms with van der Waals surface area (Å²) in [5.41, 5.74) is 6.19. The highest BCUT2D eigenvalue weighted by Crippen LogP contribution is 2.38. The predicted molar refractivity (Wildman–Crippen MR) is 99.7 cm³/mol. The van der Waals surface area contributed by atoms with Crippen LogP contribution in [0, 0.1) is 0 Å². The Bertz CT molecular complexity index is 952. The zero-order chi connectivity index (χ0) is 16.8. The van der Waals surface area contributed by atoms with E-state index in [2.05, 4.69) is 45.2 Å². The molecule has 5 heteroatoms. The van der Waals surface area contributed by atoms with Crippen molar-refractivity contribution in [2.75, 3.05) is 18.5 Å². The van der Waals surface area contributed by atoms with Gasteiger partial charge in [-0.3, -0.25) is 4.79 Å². The van der Waals surface area contributed by atoms with Crippen molar-refractivity contribution in [1.29, 1.82) is 0 Å². The number of carbonyl (C=O) groups is 1. The molecule has 126 valence electrons. The van der Waals surface area contributed by atoms with E-state index < -0.39 is 0 Å². The first-order valence-corrected chi connectivity index (χ1v) is 8.82. The zero-order valence-corrected chi connectivity index (χ0v) is 13.9. The van der Waals surface area contributed by atoms with Crippen molar-refractivity contribution in [2.45, 2.75) is 18.9 Å². The number of anilines is 1. The molecule has 0 saturated carbocycles. The van der Waals surface area contributed by atoms with E-state index in [4.69, 9.17) is 0 Å². The van der Waals surface area contributed by atoms with E-state index in [1.807, 2.05) is 18.2 Å². The molecule has 3 aromatic rings. The van der Waals surface area contributed by atoms with E-state index in [0.29, 0.717) is 18.3 Å². The molecule has 1 fully saturated rings. The molecule has 2 aliphatic rings. The average molecular weight is 332 g/mol. The summed E-state index contributed by atoms with van der Waals surface area (Å²) in [7, 11) is 0. The summed E-state index contributed by atoms with van der Waals surface area (Å²) in [6.45, 7) is 1.53. The molecule has 3 heterocycles. The fraction of sp³-hybridized carbons (Fsp3) is 0.250. The molecule has 2 aromatic carbocycles. The van der Waals surface area contributed by atoms with Crippen molar-refractivity contribution in [3.63, 3.8) is 0 Å². The van der Waals surface area contributed by atoms with Gasteiger partial charge in [-0.2, -0.15) is 0 Å². The summed E-state index contributed by atoms with van der Waals surface area (Å²) in [5, 5.41) is 10.8. The molecule has 0 aliphatic carbocycles. The van der Waals surface area contributed by atoms with Crippen LogP contribution in [0.5, 0.6) is 0 Å². The van der Waals surface area contributed by atoms with Crippen LogP contribution in [0.25, 0.3) is 22.2 Å². The third kappa shape index (κ3) is 2.31. The number of rotatable bonds is 2. The van der Waals surface area contributed by atoms with Gasteiger partial charge in [0.15, 0.2) is 0 Å². The Hall–Kier alpha value is -2.79. The molecular weight excluding hydrogens is 312 g/mol. The minimum Gasteiger partial charge on any atom is -0.366 e. The van der Waals surface area contributed by atoms with Crippen molar-refractivity contribution in [2.24, 2.45) is 0 Å². The van der Waals surface area contributed by atoms with Crippen LogP contribution in [-0.2, 0) is 0 Å². The molecule has 0 radical (unpaired) electrons. The molecule has 2 aliphatic heterocycles. The Morgan fingerprint density at radius 1 is 1.00 bits per heavy atom. The maximum absolute atomic E-state index is 12.3. The van der Waals surface area contributed by atoms with E-state index >= 15 is 0 Å². The van der Waals surface area contributed by atoms with Gasteiger partial charge in [-0.1, -0.05) is 30.3 Å². The second kappa shape index (κ2) is 5.63. The molecule has 25 heavy (non-hydrogen) atoms. The van der Waals surface area contributed by atoms with Crippen LogP contribution in [-0.4, -0.2) is 24.1 Å². The van der Waals surface area contributed by atoms with Crippen molar-refractivity contribution >= 4 is 22.5 Å². The van der Waals surface area contributed by atoms with Crippen molar-refractivity contribution in [3.05, 3.63) is 53.6 Å². The molecule has 0 bridgehead atoms. The van der Waals surface area contributed by atoms with Gasteiger partial charge in [-0.05, 0) is 37.1 Å². The molecule has 0 spiro atoms. The predicted octanol–water partition coefficient (Wildman–Crippen LogP) is 3.37. The number of aromatic amines is 1. The molecule has 1 amide bonds. The lowest BCUT2D eigenvalue weighted by Gasteiger charge is -2.12. The molecule has 1 atom stereocenters. The lowest BCUT2D eigenvalue weighted by atomic mass is 10.0. The zero-order valence-electron chi connectivity index (χ0n) is 13.9. The van der Waals surface area contributed by atoms with Crippen molar-refractivity contribution in [3.8, 4) is 11.3 Å². The smallest absolute Gasteiger partial charge is 0.253 e. The first kappa shape index (κ1) is 14.5. The number of benzene rings is 2. The third-order valence-electron chi connectivity index (χ3n) is 5.24. The first-order valence-electron chi connectivity index (χ1n) is 8.82. The Balaban J connectivity index is 1.62. The summed E-state index contributed by atoms with van der Waals surface area (Å²) in [6, 6.07) is 15.0. The SMILES string of the molecule is O=C1NCNc2c(-c3ccc(C4CCCN4)cc3)[nH]c3cccc1c23. The van der Waals surface area contributed by atoms with E-state index in [1.54, 1.807) is 0 Å². The van der Waals surface area contributed by atoms with E-state index in [-0.39, 0.29) is 5.91 Å². The second-order valence-electron chi connectivity index (χ2n) is 6.73. The topological polar surface area (TPSA) is 69.0 Å². The van der Waals surface area contributed by atoms with Gasteiger partial charge in [0, 0.05) is 22.5 Å². The van der Waals surface area contributed by atoms with Crippen LogP contribution in [0.15, 0.2) is 42.5 Å². The summed E-state index contributed by atoms with van der Waals surface area (Å²) in [4.78, 5) is 15.7. The molecule has 4 N–H and O–H groups in total. The van der Waals surface area contributed by atoms with Crippen LogP contribution in [0.3, 0.4) is 0 Å². The fourth-order valence-electron chi connectivity index (χ4n) is 3.99. The van der Waals surface area contributed by atoms with Gasteiger partial charge in [0.05, 0.1) is 23.6 Å². The number of aromatic nitrogens is 1. The number of H-pyrrole nitrogens is 1. The average Bonchev–Trinajstić information content (AvgIpc) is 3.26. The van der Waals surface area contributed by atoms with Crippen molar-refractivity contribution in [1.82, 2.24) is 15.6 Å². The second-order valence-corrected chi connectivity index (χ2v) is 6.73. The minimum absolute atomic E-state index is 0.0370. The third-order valence-corrected chi connectivity index (χ3v) is 5.24. The van der Waals surface area contributed by atoms with Crippen LogP contribution >= 0.6 is 0 Å². The number of amides is 1. The van der Waals surface area contributed by atoms with E-state index in [0.717, 1.165) is 34.4 Å². The summed E-state index contributed by atoms with van der Waals surface area (Å²) in [5.74, 6) is -0.0370. The number of carbonyl (C=O) groups excluding carboxylic acids is 1. The van der Waals surface area contributed by atoms with Gasteiger partial charge in [0.2, 0.25) is 0 Å². The Morgan fingerprint density at radius 3 is 2.68 bits per heavy atom. The van der Waals surface area contributed by atoms with Gasteiger partial charge >= 0.3 is 0 Å². The Labute approximate surface area is 145 Å². The number of hydrogen-bond acceptors (Lipinski definition) is 3. The van der Waals surface area contributed by atoms with Crippen LogP contribution < -0.4 is 16.0 Å². The molecule has 1 saturated heterocycles. The van der Waals surface area contributed by atoms with Crippen molar-refractivity contribution < 1.29 is 4.79 Å². The lowest BCUT2D eigenvalue weighted by molar-refractivity contribution is 0.0959. The number of hydrogen-bond donors (Lipinski definition) is 4. The summed E-state index contributed by atoms with van der Waals surface area (Å²) < 4.78 is 0. The van der Waals surface area contributed by atoms with E-state index in [1.165, 1.54) is 18.4 Å². The van der Waals surface area contributed by atoms with Gasteiger partial charge in [-0.15, -0.1) is 0 Å². The van der Waals surface area contributed by atoms with Gasteiger partial charge in [0.25, 0.3) is 5.91 Å². The molecular formula is C20H20N4O. The van der Waals surface area contributed by atoms with Gasteiger partial charge in [-0.25, -0.2) is 0 Å². The van der Waals surface area contributed by atoms with E-state index in [9.17, 15) is 4.79 Å². The molecule has 5 rings (SSSR count). The summed E-state index contributed by atoms with van der Waals surface area (Å²) in [6.07, 6.45) is 2.45. The maximum Gasteiger partial charge on any atom is 0.253 e. The monoisotopic (exact) mass is 332 g/mol. The minimum atomic E-state index is -0.0370. The highest BCUT2D eigenvalue weighted by atomic mass is 16.1. The standard InChI is InChI=1S/C20H20N4O/c25-20-14-3-1-4-16-17(14)19(22-11-23-20)18(24-16)13-8-6-12(7-9-13)15-5-2-10-21-15/h1,3-4,6-9,15,21-22,24H,2,5,10-11H2,(H,23,25). The fourth-order valence-corrected chi connectivity index (χ4v) is 3.99. The molecule has 1 unspecified atom stereocenters. The van der Waals surface area contributed by atoms with Gasteiger partial charge < -0.3 is 20.9 Å². The Morgan fingerprint density at radius 2 is 1.88 bits per heavy atom. The maximum atomic E-state index is 12.3. The van der Waals surface area contributed by atoms with Crippen LogP contribution in [0.4, 0.5) is 5.69 Å².